The fraction of sp³-hybridized carbons (Fsp3) is 0.316. The van der Waals surface area contributed by atoms with Crippen molar-refractivity contribution in [3.05, 3.63) is 65.2 Å². The van der Waals surface area contributed by atoms with Crippen molar-refractivity contribution in [2.75, 3.05) is 20.2 Å². The number of methoxy groups -OCH3 is 1. The lowest BCUT2D eigenvalue weighted by Gasteiger charge is -2.17. The predicted molar refractivity (Wildman–Crippen MR) is 87.1 cm³/mol. The number of ether oxygens (including phenoxy) is 1. The molecule has 0 spiro atoms. The molecule has 1 saturated heterocycles. The number of hydrogen-bond donors (Lipinski definition) is 0. The highest BCUT2D eigenvalue weighted by Gasteiger charge is 2.27. The SMILES string of the molecule is COc1ccc(CC2CCN(C(=O)c3cc(F)cc(F)c3)C2)cc1. The zero-order chi connectivity index (χ0) is 17.1. The lowest BCUT2D eigenvalue weighted by atomic mass is 9.99. The second-order valence-electron chi connectivity index (χ2n) is 6.12. The van der Waals surface area contributed by atoms with Crippen molar-refractivity contribution in [2.45, 2.75) is 12.8 Å². The first kappa shape index (κ1) is 16.4. The van der Waals surface area contributed by atoms with Crippen LogP contribution in [-0.4, -0.2) is 31.0 Å². The van der Waals surface area contributed by atoms with Gasteiger partial charge in [0.05, 0.1) is 7.11 Å². The summed E-state index contributed by atoms with van der Waals surface area (Å²) in [6.45, 7) is 1.21. The summed E-state index contributed by atoms with van der Waals surface area (Å²) < 4.78 is 31.7. The van der Waals surface area contributed by atoms with Crippen LogP contribution in [0.15, 0.2) is 42.5 Å². The van der Waals surface area contributed by atoms with E-state index >= 15 is 0 Å². The van der Waals surface area contributed by atoms with Crippen LogP contribution in [0.1, 0.15) is 22.3 Å². The zero-order valence-corrected chi connectivity index (χ0v) is 13.5. The topological polar surface area (TPSA) is 29.5 Å². The average Bonchev–Trinajstić information content (AvgIpc) is 3.02. The van der Waals surface area contributed by atoms with Crippen LogP contribution in [0.5, 0.6) is 5.75 Å². The molecule has 3 nitrogen and oxygen atoms in total. The molecule has 0 aromatic heterocycles. The molecule has 1 heterocycles. The van der Waals surface area contributed by atoms with Gasteiger partial charge >= 0.3 is 0 Å². The number of benzene rings is 2. The summed E-state index contributed by atoms with van der Waals surface area (Å²) in [5.41, 5.74) is 1.25. The lowest BCUT2D eigenvalue weighted by Crippen LogP contribution is -2.29. The van der Waals surface area contributed by atoms with E-state index in [0.717, 1.165) is 36.8 Å². The van der Waals surface area contributed by atoms with Crippen LogP contribution < -0.4 is 4.74 Å². The Morgan fingerprint density at radius 3 is 2.46 bits per heavy atom. The second kappa shape index (κ2) is 6.99. The quantitative estimate of drug-likeness (QED) is 0.855. The maximum atomic E-state index is 13.3. The van der Waals surface area contributed by atoms with Gasteiger partial charge in [0.2, 0.25) is 0 Å². The molecule has 1 fully saturated rings. The minimum Gasteiger partial charge on any atom is -0.497 e. The maximum absolute atomic E-state index is 13.3. The van der Waals surface area contributed by atoms with Gasteiger partial charge in [0.25, 0.3) is 5.91 Å². The summed E-state index contributed by atoms with van der Waals surface area (Å²) in [7, 11) is 1.63. The summed E-state index contributed by atoms with van der Waals surface area (Å²) >= 11 is 0. The molecule has 0 aliphatic carbocycles. The van der Waals surface area contributed by atoms with Gasteiger partial charge < -0.3 is 9.64 Å². The van der Waals surface area contributed by atoms with Gasteiger partial charge in [0.15, 0.2) is 0 Å². The Labute approximate surface area is 139 Å². The van der Waals surface area contributed by atoms with Crippen molar-refractivity contribution in [3.8, 4) is 5.75 Å². The smallest absolute Gasteiger partial charge is 0.254 e. The number of carbonyl (C=O) groups is 1. The molecule has 2 aromatic carbocycles. The van der Waals surface area contributed by atoms with Gasteiger partial charge in [-0.05, 0) is 48.6 Å². The number of rotatable bonds is 4. The normalized spacial score (nSPS) is 17.1. The summed E-state index contributed by atoms with van der Waals surface area (Å²) in [5, 5.41) is 0. The predicted octanol–water partition coefficient (Wildman–Crippen LogP) is 3.68. The number of nitrogens with zero attached hydrogens (tertiary/aromatic N) is 1. The third-order valence-corrected chi connectivity index (χ3v) is 4.37. The number of halogens is 2. The Bertz CT molecular complexity index is 710. The zero-order valence-electron chi connectivity index (χ0n) is 13.5. The highest BCUT2D eigenvalue weighted by molar-refractivity contribution is 5.94. The van der Waals surface area contributed by atoms with E-state index in [9.17, 15) is 13.6 Å². The molecule has 1 amide bonds. The number of amides is 1. The van der Waals surface area contributed by atoms with Crippen LogP contribution in [0.2, 0.25) is 0 Å². The minimum atomic E-state index is -0.729. The number of hydrogen-bond acceptors (Lipinski definition) is 2. The fourth-order valence-electron chi connectivity index (χ4n) is 3.14. The van der Waals surface area contributed by atoms with E-state index < -0.39 is 11.6 Å². The molecule has 0 radical (unpaired) electrons. The number of likely N-dealkylation sites (tertiary alicyclic amines) is 1. The molecule has 126 valence electrons. The van der Waals surface area contributed by atoms with Crippen LogP contribution in [0, 0.1) is 17.6 Å². The molecule has 1 atom stereocenters. The Balaban J connectivity index is 1.62. The van der Waals surface area contributed by atoms with Crippen molar-refractivity contribution in [3.63, 3.8) is 0 Å². The van der Waals surface area contributed by atoms with E-state index in [2.05, 4.69) is 0 Å². The van der Waals surface area contributed by atoms with E-state index in [1.54, 1.807) is 12.0 Å². The van der Waals surface area contributed by atoms with Crippen LogP contribution in [0.4, 0.5) is 8.78 Å². The first-order chi connectivity index (χ1) is 11.5. The molecule has 1 unspecified atom stereocenters. The molecule has 24 heavy (non-hydrogen) atoms. The highest BCUT2D eigenvalue weighted by Crippen LogP contribution is 2.24. The van der Waals surface area contributed by atoms with Crippen molar-refractivity contribution in [1.82, 2.24) is 4.90 Å². The van der Waals surface area contributed by atoms with E-state index in [4.69, 9.17) is 4.74 Å². The van der Waals surface area contributed by atoms with E-state index in [1.807, 2.05) is 24.3 Å². The molecular weight excluding hydrogens is 312 g/mol. The Hall–Kier alpha value is -2.43. The Kier molecular flexibility index (Phi) is 4.79. The van der Waals surface area contributed by atoms with Gasteiger partial charge in [-0.2, -0.15) is 0 Å². The Morgan fingerprint density at radius 2 is 1.83 bits per heavy atom. The molecule has 1 aliphatic heterocycles. The third-order valence-electron chi connectivity index (χ3n) is 4.37. The van der Waals surface area contributed by atoms with E-state index in [0.29, 0.717) is 19.0 Å². The van der Waals surface area contributed by atoms with Crippen molar-refractivity contribution >= 4 is 5.91 Å². The molecule has 0 saturated carbocycles. The first-order valence-corrected chi connectivity index (χ1v) is 7.93. The summed E-state index contributed by atoms with van der Waals surface area (Å²) in [6, 6.07) is 10.8. The van der Waals surface area contributed by atoms with Crippen molar-refractivity contribution in [1.29, 1.82) is 0 Å². The van der Waals surface area contributed by atoms with Gasteiger partial charge in [0.1, 0.15) is 17.4 Å². The standard InChI is InChI=1S/C19H19F2NO2/c1-24-18-4-2-13(3-5-18)8-14-6-7-22(12-14)19(23)15-9-16(20)11-17(21)10-15/h2-5,9-11,14H,6-8,12H2,1H3. The average molecular weight is 331 g/mol. The molecular formula is C19H19F2NO2. The largest absolute Gasteiger partial charge is 0.497 e. The van der Waals surface area contributed by atoms with Crippen LogP contribution >= 0.6 is 0 Å². The van der Waals surface area contributed by atoms with Gasteiger partial charge in [-0.3, -0.25) is 4.79 Å². The van der Waals surface area contributed by atoms with Crippen LogP contribution in [0.25, 0.3) is 0 Å². The number of carbonyl (C=O) groups excluding carboxylic acids is 1. The van der Waals surface area contributed by atoms with E-state index in [-0.39, 0.29) is 11.5 Å². The summed E-state index contributed by atoms with van der Waals surface area (Å²) in [6.07, 6.45) is 1.75. The fourth-order valence-corrected chi connectivity index (χ4v) is 3.14. The van der Waals surface area contributed by atoms with Crippen LogP contribution in [0.3, 0.4) is 0 Å². The summed E-state index contributed by atoms with van der Waals surface area (Å²) in [5.74, 6) is -0.610. The maximum Gasteiger partial charge on any atom is 0.254 e. The van der Waals surface area contributed by atoms with Crippen molar-refractivity contribution in [2.24, 2.45) is 5.92 Å². The second-order valence-corrected chi connectivity index (χ2v) is 6.12. The molecule has 1 aliphatic rings. The molecule has 5 heteroatoms. The minimum absolute atomic E-state index is 0.0672. The van der Waals surface area contributed by atoms with Gasteiger partial charge in [-0.15, -0.1) is 0 Å². The molecule has 3 rings (SSSR count). The molecule has 2 aromatic rings. The first-order valence-electron chi connectivity index (χ1n) is 7.93. The lowest BCUT2D eigenvalue weighted by molar-refractivity contribution is 0.0786. The third kappa shape index (κ3) is 3.72. The van der Waals surface area contributed by atoms with Gasteiger partial charge in [0, 0.05) is 24.7 Å². The monoisotopic (exact) mass is 331 g/mol. The van der Waals surface area contributed by atoms with Gasteiger partial charge in [-0.25, -0.2) is 8.78 Å². The molecule has 0 N–H and O–H groups in total. The van der Waals surface area contributed by atoms with Gasteiger partial charge in [-0.1, -0.05) is 12.1 Å². The van der Waals surface area contributed by atoms with Crippen LogP contribution in [-0.2, 0) is 6.42 Å². The summed E-state index contributed by atoms with van der Waals surface area (Å²) in [4.78, 5) is 14.1. The molecule has 0 bridgehead atoms. The van der Waals surface area contributed by atoms with E-state index in [1.165, 1.54) is 5.56 Å². The Morgan fingerprint density at radius 1 is 1.17 bits per heavy atom. The highest BCUT2D eigenvalue weighted by atomic mass is 19.1. The van der Waals surface area contributed by atoms with Crippen molar-refractivity contribution < 1.29 is 18.3 Å².